The molecular formula is C10H8N2O. The van der Waals surface area contributed by atoms with E-state index in [1.807, 2.05) is 0 Å². The number of hydrogen-bond acceptors (Lipinski definition) is 3. The number of aromatic hydroxyl groups is 1. The maximum absolute atomic E-state index is 9.35. The highest BCUT2D eigenvalue weighted by atomic mass is 16.3. The van der Waals surface area contributed by atoms with Gasteiger partial charge in [0.25, 0.3) is 0 Å². The van der Waals surface area contributed by atoms with E-state index in [2.05, 4.69) is 9.97 Å². The lowest BCUT2D eigenvalue weighted by atomic mass is 10.2. The maximum atomic E-state index is 9.35. The first-order chi connectivity index (χ1) is 9.25. The molecule has 2 aromatic rings. The number of aromatic nitrogens is 2. The molecule has 0 radical (unpaired) electrons. The zero-order valence-electron chi connectivity index (χ0n) is 13.3. The van der Waals surface area contributed by atoms with Gasteiger partial charge in [0.2, 0.25) is 0 Å². The largest absolute Gasteiger partial charge is 0.506 e. The zero-order chi connectivity index (χ0) is 15.2. The minimum absolute atomic E-state index is 0.331. The number of rotatable bonds is 1. The van der Waals surface area contributed by atoms with Gasteiger partial charge in [0.1, 0.15) is 5.75 Å². The molecule has 0 unspecified atom stereocenters. The van der Waals surface area contributed by atoms with Crippen LogP contribution in [0.5, 0.6) is 5.75 Å². The summed E-state index contributed by atoms with van der Waals surface area (Å²) in [5.74, 6) is -0.764. The van der Waals surface area contributed by atoms with Crippen LogP contribution in [0, 0.1) is 0 Å². The molecule has 2 rings (SSSR count). The predicted molar refractivity (Wildman–Crippen MR) is 49.1 cm³/mol. The Hall–Kier alpha value is -1.90. The van der Waals surface area contributed by atoms with Crippen LogP contribution in [0.1, 0.15) is 9.60 Å². The second kappa shape index (κ2) is 3.23. The SMILES string of the molecule is [2H]c1nc(-c2nc([2H])c(O)c([2H])c2[2H])c([2H])c([2H])c1[2H]. The molecule has 0 saturated heterocycles. The summed E-state index contributed by atoms with van der Waals surface area (Å²) in [6, 6.07) is -2.80. The van der Waals surface area contributed by atoms with Crippen molar-refractivity contribution in [3.8, 4) is 17.1 Å². The highest BCUT2D eigenvalue weighted by Crippen LogP contribution is 2.15. The third-order valence-corrected chi connectivity index (χ3v) is 1.26. The average Bonchev–Trinajstić information content (AvgIpc) is 2.42. The molecule has 2 aromatic heterocycles. The molecule has 0 aromatic carbocycles. The summed E-state index contributed by atoms with van der Waals surface area (Å²) in [7, 11) is 0. The van der Waals surface area contributed by atoms with E-state index in [0.717, 1.165) is 0 Å². The molecule has 64 valence electrons. The molecule has 0 atom stereocenters. The molecule has 3 nitrogen and oxygen atoms in total. The van der Waals surface area contributed by atoms with Crippen LogP contribution < -0.4 is 0 Å². The number of nitrogens with zero attached hydrogens (tertiary/aromatic N) is 2. The molecule has 0 fully saturated rings. The first-order valence-corrected chi connectivity index (χ1v) is 3.37. The molecule has 3 heteroatoms. The first-order valence-electron chi connectivity index (χ1n) is 6.87. The summed E-state index contributed by atoms with van der Waals surface area (Å²) < 4.78 is 52.6. The molecule has 0 aliphatic carbocycles. The fourth-order valence-electron chi connectivity index (χ4n) is 0.738. The Kier molecular flexibility index (Phi) is 0.770. The van der Waals surface area contributed by atoms with E-state index < -0.39 is 48.3 Å². The van der Waals surface area contributed by atoms with E-state index in [1.165, 1.54) is 0 Å². The standard InChI is InChI=1S/C10H8N2O/c13-8-4-5-10(12-7-8)9-3-1-2-6-11-9/h1-7,13H/i1D,2D,3D,4D,5D,6D,7D. The summed E-state index contributed by atoms with van der Waals surface area (Å²) in [6.45, 7) is 0. The summed E-state index contributed by atoms with van der Waals surface area (Å²) in [4.78, 5) is 7.19. The van der Waals surface area contributed by atoms with E-state index in [-0.39, 0.29) is 11.4 Å². The molecule has 0 saturated carbocycles. The van der Waals surface area contributed by atoms with Crippen molar-refractivity contribution in [2.24, 2.45) is 0 Å². The normalized spacial score (nSPS) is 17.4. The van der Waals surface area contributed by atoms with Gasteiger partial charge in [-0.05, 0) is 24.2 Å². The van der Waals surface area contributed by atoms with Crippen LogP contribution in [-0.4, -0.2) is 15.1 Å². The summed E-state index contributed by atoms with van der Waals surface area (Å²) in [5.41, 5.74) is -0.673. The number of hydrogen-bond donors (Lipinski definition) is 1. The summed E-state index contributed by atoms with van der Waals surface area (Å²) in [5, 5.41) is 9.35. The van der Waals surface area contributed by atoms with E-state index in [1.54, 1.807) is 0 Å². The smallest absolute Gasteiger partial charge is 0.133 e. The van der Waals surface area contributed by atoms with Crippen molar-refractivity contribution in [2.75, 3.05) is 0 Å². The third kappa shape index (κ3) is 1.64. The van der Waals surface area contributed by atoms with Gasteiger partial charge in [-0.15, -0.1) is 0 Å². The van der Waals surface area contributed by atoms with Crippen molar-refractivity contribution >= 4 is 0 Å². The Labute approximate surface area is 85.6 Å². The first kappa shape index (κ1) is 3.10. The van der Waals surface area contributed by atoms with Crippen LogP contribution in [-0.2, 0) is 0 Å². The van der Waals surface area contributed by atoms with Gasteiger partial charge in [-0.2, -0.15) is 0 Å². The number of pyridine rings is 2. The van der Waals surface area contributed by atoms with Crippen LogP contribution in [0.3, 0.4) is 0 Å². The van der Waals surface area contributed by atoms with Crippen molar-refractivity contribution in [3.63, 3.8) is 0 Å². The van der Waals surface area contributed by atoms with Crippen molar-refractivity contribution in [2.45, 2.75) is 0 Å². The Morgan fingerprint density at radius 3 is 2.85 bits per heavy atom. The molecule has 0 aliphatic rings. The average molecular weight is 179 g/mol. The molecule has 0 spiro atoms. The van der Waals surface area contributed by atoms with Crippen LogP contribution in [0.2, 0.25) is 0 Å². The maximum Gasteiger partial charge on any atom is 0.133 e. The summed E-state index contributed by atoms with van der Waals surface area (Å²) in [6.07, 6.45) is -1.22. The highest BCUT2D eigenvalue weighted by Gasteiger charge is 1.98. The Bertz CT molecular complexity index is 658. The van der Waals surface area contributed by atoms with E-state index >= 15 is 0 Å². The summed E-state index contributed by atoms with van der Waals surface area (Å²) >= 11 is 0. The van der Waals surface area contributed by atoms with E-state index in [4.69, 9.17) is 9.60 Å². The lowest BCUT2D eigenvalue weighted by Crippen LogP contribution is -1.84. The molecule has 0 amide bonds. The topological polar surface area (TPSA) is 46.0 Å². The molecule has 2 heterocycles. The molecule has 0 aliphatic heterocycles. The van der Waals surface area contributed by atoms with Crippen LogP contribution in [0.25, 0.3) is 11.4 Å². The van der Waals surface area contributed by atoms with Crippen molar-refractivity contribution in [1.29, 1.82) is 0 Å². The fourth-order valence-corrected chi connectivity index (χ4v) is 0.738. The van der Waals surface area contributed by atoms with Crippen molar-refractivity contribution in [1.82, 2.24) is 9.97 Å². The van der Waals surface area contributed by atoms with Gasteiger partial charge in [0.05, 0.1) is 27.2 Å². The van der Waals surface area contributed by atoms with Gasteiger partial charge in [-0.3, -0.25) is 9.97 Å². The monoisotopic (exact) mass is 179 g/mol. The minimum Gasteiger partial charge on any atom is -0.506 e. The van der Waals surface area contributed by atoms with Gasteiger partial charge in [-0.25, -0.2) is 0 Å². The minimum atomic E-state index is -0.764. The van der Waals surface area contributed by atoms with Gasteiger partial charge >= 0.3 is 0 Å². The van der Waals surface area contributed by atoms with Gasteiger partial charge < -0.3 is 5.11 Å². The van der Waals surface area contributed by atoms with Crippen molar-refractivity contribution < 1.29 is 14.7 Å². The Balaban J connectivity index is 2.83. The quantitative estimate of drug-likeness (QED) is 0.726. The van der Waals surface area contributed by atoms with E-state index in [0.29, 0.717) is 0 Å². The molecular weight excluding hydrogens is 164 g/mol. The van der Waals surface area contributed by atoms with Gasteiger partial charge in [0.15, 0.2) is 0 Å². The van der Waals surface area contributed by atoms with Crippen LogP contribution in [0.15, 0.2) is 42.6 Å². The van der Waals surface area contributed by atoms with Crippen LogP contribution >= 0.6 is 0 Å². The van der Waals surface area contributed by atoms with Crippen LogP contribution in [0.4, 0.5) is 0 Å². The Morgan fingerprint density at radius 1 is 1.08 bits per heavy atom. The molecule has 13 heavy (non-hydrogen) atoms. The lowest BCUT2D eigenvalue weighted by molar-refractivity contribution is 0.473. The zero-order valence-corrected chi connectivity index (χ0v) is 6.34. The van der Waals surface area contributed by atoms with Gasteiger partial charge in [0, 0.05) is 6.17 Å². The third-order valence-electron chi connectivity index (χ3n) is 1.26. The second-order valence-corrected chi connectivity index (χ2v) is 2.12. The van der Waals surface area contributed by atoms with E-state index in [9.17, 15) is 5.11 Å². The van der Waals surface area contributed by atoms with Crippen molar-refractivity contribution in [3.05, 3.63) is 42.6 Å². The molecule has 0 bridgehead atoms. The predicted octanol–water partition coefficient (Wildman–Crippen LogP) is 1.85. The lowest BCUT2D eigenvalue weighted by Gasteiger charge is -1.98. The molecule has 1 N–H and O–H groups in total. The highest BCUT2D eigenvalue weighted by molar-refractivity contribution is 5.53. The second-order valence-electron chi connectivity index (χ2n) is 2.12. The fraction of sp³-hybridized carbons (Fsp3) is 0. The Morgan fingerprint density at radius 2 is 1.92 bits per heavy atom. The van der Waals surface area contributed by atoms with Gasteiger partial charge in [-0.1, -0.05) is 6.04 Å².